The molecule has 2 aromatic carbocycles. The molecule has 7 heteroatoms. The van der Waals surface area contributed by atoms with Crippen molar-refractivity contribution in [3.63, 3.8) is 0 Å². The van der Waals surface area contributed by atoms with E-state index in [4.69, 9.17) is 0 Å². The van der Waals surface area contributed by atoms with E-state index in [2.05, 4.69) is 0 Å². The van der Waals surface area contributed by atoms with Crippen LogP contribution in [0.2, 0.25) is 0 Å². The van der Waals surface area contributed by atoms with Crippen molar-refractivity contribution in [1.82, 2.24) is 9.21 Å². The number of sulfonamides is 1. The largest absolute Gasteiger partial charge is 0.305 e. The highest BCUT2D eigenvalue weighted by molar-refractivity contribution is 7.89. The lowest BCUT2D eigenvalue weighted by Crippen LogP contribution is -2.42. The van der Waals surface area contributed by atoms with Crippen molar-refractivity contribution in [2.45, 2.75) is 17.5 Å². The van der Waals surface area contributed by atoms with Gasteiger partial charge in [-0.2, -0.15) is 0 Å². The molecular weight excluding hydrogens is 400 g/mol. The topological polar surface area (TPSA) is 74.8 Å². The third-order valence-corrected chi connectivity index (χ3v) is 7.08. The van der Waals surface area contributed by atoms with Gasteiger partial charge in [-0.1, -0.05) is 48.5 Å². The van der Waals surface area contributed by atoms with Crippen LogP contribution in [0.4, 0.5) is 0 Å². The van der Waals surface area contributed by atoms with Crippen LogP contribution in [-0.4, -0.2) is 49.3 Å². The number of carbonyl (C=O) groups excluding carboxylic acids is 2. The van der Waals surface area contributed by atoms with E-state index in [0.29, 0.717) is 12.1 Å². The van der Waals surface area contributed by atoms with Crippen LogP contribution in [0.15, 0.2) is 77.8 Å². The second kappa shape index (κ2) is 7.66. The Morgan fingerprint density at radius 3 is 2.27 bits per heavy atom. The van der Waals surface area contributed by atoms with E-state index < -0.39 is 33.5 Å². The number of carbonyl (C=O) groups is 2. The van der Waals surface area contributed by atoms with Gasteiger partial charge >= 0.3 is 0 Å². The molecule has 30 heavy (non-hydrogen) atoms. The average molecular weight is 423 g/mol. The van der Waals surface area contributed by atoms with Crippen LogP contribution in [0.1, 0.15) is 11.1 Å². The van der Waals surface area contributed by atoms with Gasteiger partial charge in [-0.05, 0) is 49.0 Å². The Hall–Kier alpha value is -3.03. The summed E-state index contributed by atoms with van der Waals surface area (Å²) >= 11 is 0. The highest BCUT2D eigenvalue weighted by atomic mass is 32.2. The number of ketones is 2. The van der Waals surface area contributed by atoms with Crippen LogP contribution < -0.4 is 0 Å². The molecule has 154 valence electrons. The zero-order chi connectivity index (χ0) is 21.5. The SMILES string of the molecule is CN(C)Cc1ccc(S(=O)(=O)N2C=C(c3ccccc3)C3C(=O)C(=O)C=CC32)cc1. The van der Waals surface area contributed by atoms with Gasteiger partial charge < -0.3 is 4.90 Å². The van der Waals surface area contributed by atoms with Gasteiger partial charge in [0.15, 0.2) is 0 Å². The molecule has 2 aliphatic rings. The monoisotopic (exact) mass is 422 g/mol. The number of nitrogens with zero attached hydrogens (tertiary/aromatic N) is 2. The predicted octanol–water partition coefficient (Wildman–Crippen LogP) is 2.49. The number of hydrogen-bond acceptors (Lipinski definition) is 5. The summed E-state index contributed by atoms with van der Waals surface area (Å²) in [7, 11) is -0.0214. The second-order valence-electron chi connectivity index (χ2n) is 7.72. The summed E-state index contributed by atoms with van der Waals surface area (Å²) in [6.45, 7) is 0.701. The summed E-state index contributed by atoms with van der Waals surface area (Å²) in [6, 6.07) is 15.1. The molecule has 0 N–H and O–H groups in total. The fourth-order valence-electron chi connectivity index (χ4n) is 3.92. The molecule has 0 amide bonds. The molecule has 2 atom stereocenters. The van der Waals surface area contributed by atoms with E-state index >= 15 is 0 Å². The molecule has 0 aromatic heterocycles. The van der Waals surface area contributed by atoms with Crippen LogP contribution >= 0.6 is 0 Å². The van der Waals surface area contributed by atoms with Gasteiger partial charge in [-0.3, -0.25) is 13.9 Å². The fourth-order valence-corrected chi connectivity index (χ4v) is 5.40. The van der Waals surface area contributed by atoms with Gasteiger partial charge in [0, 0.05) is 12.7 Å². The van der Waals surface area contributed by atoms with Gasteiger partial charge in [0.25, 0.3) is 10.0 Å². The molecule has 2 aromatic rings. The minimum absolute atomic E-state index is 0.145. The molecule has 2 unspecified atom stereocenters. The number of allylic oxidation sites excluding steroid dienone is 1. The lowest BCUT2D eigenvalue weighted by atomic mass is 9.82. The van der Waals surface area contributed by atoms with Gasteiger partial charge in [0.05, 0.1) is 16.9 Å². The summed E-state index contributed by atoms with van der Waals surface area (Å²) in [5.74, 6) is -2.03. The van der Waals surface area contributed by atoms with Crippen molar-refractivity contribution in [3.8, 4) is 0 Å². The molecular formula is C23H22N2O4S. The Morgan fingerprint density at radius 1 is 0.967 bits per heavy atom. The first-order valence-corrected chi connectivity index (χ1v) is 11.0. The summed E-state index contributed by atoms with van der Waals surface area (Å²) < 4.78 is 28.1. The molecule has 0 saturated carbocycles. The van der Waals surface area contributed by atoms with Gasteiger partial charge in [-0.25, -0.2) is 8.42 Å². The first-order chi connectivity index (χ1) is 14.3. The Bertz CT molecular complexity index is 1150. The lowest BCUT2D eigenvalue weighted by molar-refractivity contribution is -0.136. The van der Waals surface area contributed by atoms with Crippen molar-refractivity contribution < 1.29 is 18.0 Å². The minimum atomic E-state index is -3.91. The van der Waals surface area contributed by atoms with Gasteiger partial charge in [0.2, 0.25) is 11.6 Å². The van der Waals surface area contributed by atoms with Crippen molar-refractivity contribution in [3.05, 3.63) is 84.1 Å². The van der Waals surface area contributed by atoms with E-state index in [1.165, 1.54) is 22.7 Å². The van der Waals surface area contributed by atoms with E-state index in [1.54, 1.807) is 24.3 Å². The van der Waals surface area contributed by atoms with Crippen LogP contribution in [0.5, 0.6) is 0 Å². The maximum Gasteiger partial charge on any atom is 0.264 e. The van der Waals surface area contributed by atoms with Crippen LogP contribution in [-0.2, 0) is 26.2 Å². The average Bonchev–Trinajstić information content (AvgIpc) is 3.12. The summed E-state index contributed by atoms with van der Waals surface area (Å²) in [5.41, 5.74) is 2.26. The van der Waals surface area contributed by atoms with E-state index in [1.807, 2.05) is 49.3 Å². The second-order valence-corrected chi connectivity index (χ2v) is 9.57. The molecule has 6 nitrogen and oxygen atoms in total. The number of rotatable bonds is 5. The first kappa shape index (κ1) is 20.3. The molecule has 1 heterocycles. The van der Waals surface area contributed by atoms with Crippen molar-refractivity contribution in [1.29, 1.82) is 0 Å². The molecule has 4 rings (SSSR count). The molecule has 0 saturated heterocycles. The smallest absolute Gasteiger partial charge is 0.264 e. The maximum absolute atomic E-state index is 13.4. The third kappa shape index (κ3) is 3.51. The normalized spacial score (nSPS) is 21.2. The number of benzene rings is 2. The van der Waals surface area contributed by atoms with Crippen LogP contribution in [0.25, 0.3) is 5.57 Å². The van der Waals surface area contributed by atoms with Crippen molar-refractivity contribution in [2.75, 3.05) is 14.1 Å². The molecule has 0 bridgehead atoms. The highest BCUT2D eigenvalue weighted by Crippen LogP contribution is 2.41. The summed E-state index contributed by atoms with van der Waals surface area (Å²) in [4.78, 5) is 26.9. The zero-order valence-corrected chi connectivity index (χ0v) is 17.5. The van der Waals surface area contributed by atoms with Crippen LogP contribution in [0, 0.1) is 5.92 Å². The Kier molecular flexibility index (Phi) is 5.17. The minimum Gasteiger partial charge on any atom is -0.305 e. The van der Waals surface area contributed by atoms with Gasteiger partial charge in [0.1, 0.15) is 0 Å². The Morgan fingerprint density at radius 2 is 1.63 bits per heavy atom. The lowest BCUT2D eigenvalue weighted by Gasteiger charge is -2.28. The molecule has 0 fully saturated rings. The molecule has 1 aliphatic heterocycles. The highest BCUT2D eigenvalue weighted by Gasteiger charge is 2.47. The molecule has 0 radical (unpaired) electrons. The first-order valence-electron chi connectivity index (χ1n) is 9.60. The number of Topliss-reactive ketones (excluding diaryl/α,β-unsaturated/α-hetero) is 1. The summed E-state index contributed by atoms with van der Waals surface area (Å²) in [6.07, 6.45) is 4.18. The predicted molar refractivity (Wildman–Crippen MR) is 114 cm³/mol. The van der Waals surface area contributed by atoms with Crippen molar-refractivity contribution in [2.24, 2.45) is 5.92 Å². The summed E-state index contributed by atoms with van der Waals surface area (Å²) in [5, 5.41) is 0. The van der Waals surface area contributed by atoms with Crippen LogP contribution in [0.3, 0.4) is 0 Å². The van der Waals surface area contributed by atoms with Crippen molar-refractivity contribution >= 4 is 27.2 Å². The van der Waals surface area contributed by atoms with E-state index in [-0.39, 0.29) is 4.90 Å². The van der Waals surface area contributed by atoms with E-state index in [9.17, 15) is 18.0 Å². The quantitative estimate of drug-likeness (QED) is 0.692. The maximum atomic E-state index is 13.4. The van der Waals surface area contributed by atoms with E-state index in [0.717, 1.165) is 11.1 Å². The molecule has 0 spiro atoms. The molecule has 1 aliphatic carbocycles. The standard InChI is InChI=1S/C23H22N2O4S/c1-24(2)14-16-8-10-18(11-9-16)30(28,29)25-15-19(17-6-4-3-5-7-17)22-20(25)12-13-21(26)23(22)27/h3-13,15,20,22H,14H2,1-2H3. The van der Waals surface area contributed by atoms with Gasteiger partial charge in [-0.15, -0.1) is 0 Å². The number of fused-ring (bicyclic) bond motifs is 1. The Labute approximate surface area is 176 Å². The fraction of sp³-hybridized carbons (Fsp3) is 0.217. The number of hydrogen-bond donors (Lipinski definition) is 0. The Balaban J connectivity index is 1.77. The third-order valence-electron chi connectivity index (χ3n) is 5.31. The zero-order valence-electron chi connectivity index (χ0n) is 16.7.